The van der Waals surface area contributed by atoms with Crippen LogP contribution in [0.1, 0.15) is 23.0 Å². The SMILES string of the molecule is CN1C(N)=N[C@](C)(c2c(F)ccc(NC(=O)c3ncc(F)cc3F)c2F)CS1(=O)=O. The van der Waals surface area contributed by atoms with Gasteiger partial charge in [0.15, 0.2) is 17.3 Å². The number of carbonyl (C=O) groups excluding carboxylic acids is 1. The number of halogens is 4. The van der Waals surface area contributed by atoms with Gasteiger partial charge >= 0.3 is 0 Å². The molecular formula is C17H15F4N5O3S. The maximum Gasteiger partial charge on any atom is 0.277 e. The van der Waals surface area contributed by atoms with E-state index in [0.29, 0.717) is 16.6 Å². The van der Waals surface area contributed by atoms with Gasteiger partial charge in [0.05, 0.1) is 23.2 Å². The van der Waals surface area contributed by atoms with E-state index in [1.54, 1.807) is 0 Å². The summed E-state index contributed by atoms with van der Waals surface area (Å²) in [7, 11) is -2.89. The van der Waals surface area contributed by atoms with Crippen molar-refractivity contribution in [1.29, 1.82) is 0 Å². The van der Waals surface area contributed by atoms with Crippen LogP contribution in [0.5, 0.6) is 0 Å². The van der Waals surface area contributed by atoms with E-state index in [9.17, 15) is 26.4 Å². The van der Waals surface area contributed by atoms with Crippen LogP contribution in [0.3, 0.4) is 0 Å². The molecule has 0 spiro atoms. The Morgan fingerprint density at radius 1 is 1.23 bits per heavy atom. The zero-order chi connectivity index (χ0) is 22.4. The highest BCUT2D eigenvalue weighted by Crippen LogP contribution is 2.37. The minimum Gasteiger partial charge on any atom is -0.369 e. The lowest BCUT2D eigenvalue weighted by Crippen LogP contribution is -2.50. The lowest BCUT2D eigenvalue weighted by atomic mass is 9.92. The predicted octanol–water partition coefficient (Wildman–Crippen LogP) is 1.70. The van der Waals surface area contributed by atoms with Crippen molar-refractivity contribution in [2.75, 3.05) is 18.1 Å². The number of sulfonamides is 1. The second-order valence-electron chi connectivity index (χ2n) is 6.69. The number of nitrogens with one attached hydrogen (secondary N) is 1. The van der Waals surface area contributed by atoms with E-state index in [-0.39, 0.29) is 0 Å². The first-order valence-corrected chi connectivity index (χ1v) is 9.89. The number of nitrogens with two attached hydrogens (primary N) is 1. The monoisotopic (exact) mass is 445 g/mol. The number of anilines is 1. The van der Waals surface area contributed by atoms with Gasteiger partial charge < -0.3 is 11.1 Å². The predicted molar refractivity (Wildman–Crippen MR) is 99.0 cm³/mol. The van der Waals surface area contributed by atoms with Gasteiger partial charge in [-0.1, -0.05) is 0 Å². The van der Waals surface area contributed by atoms with Gasteiger partial charge in [0.1, 0.15) is 17.2 Å². The highest BCUT2D eigenvalue weighted by Gasteiger charge is 2.44. The Kier molecular flexibility index (Phi) is 5.18. The third-order valence-electron chi connectivity index (χ3n) is 4.47. The number of hydrogen-bond acceptors (Lipinski definition) is 6. The van der Waals surface area contributed by atoms with Gasteiger partial charge in [0, 0.05) is 13.1 Å². The van der Waals surface area contributed by atoms with Gasteiger partial charge in [-0.15, -0.1) is 0 Å². The lowest BCUT2D eigenvalue weighted by Gasteiger charge is -2.35. The summed E-state index contributed by atoms with van der Waals surface area (Å²) in [5.74, 6) is -7.27. The molecule has 0 bridgehead atoms. The van der Waals surface area contributed by atoms with Gasteiger partial charge in [0.2, 0.25) is 16.0 Å². The number of benzene rings is 1. The highest BCUT2D eigenvalue weighted by atomic mass is 32.2. The quantitative estimate of drug-likeness (QED) is 0.698. The fourth-order valence-electron chi connectivity index (χ4n) is 2.98. The maximum atomic E-state index is 15.1. The summed E-state index contributed by atoms with van der Waals surface area (Å²) in [6.07, 6.45) is 0.590. The minimum absolute atomic E-state index is 0.413. The lowest BCUT2D eigenvalue weighted by molar-refractivity contribution is 0.101. The van der Waals surface area contributed by atoms with Crippen LogP contribution in [-0.2, 0) is 15.6 Å². The molecule has 1 aliphatic rings. The van der Waals surface area contributed by atoms with E-state index < -0.39 is 73.4 Å². The normalized spacial score (nSPS) is 20.6. The summed E-state index contributed by atoms with van der Waals surface area (Å²) >= 11 is 0. The molecule has 8 nitrogen and oxygen atoms in total. The van der Waals surface area contributed by atoms with Gasteiger partial charge in [-0.05, 0) is 19.1 Å². The number of rotatable bonds is 3. The van der Waals surface area contributed by atoms with Crippen molar-refractivity contribution in [3.8, 4) is 0 Å². The number of pyridine rings is 1. The number of aromatic nitrogens is 1. The summed E-state index contributed by atoms with van der Waals surface area (Å²) in [6.45, 7) is 1.17. The molecule has 0 unspecified atom stereocenters. The van der Waals surface area contributed by atoms with Gasteiger partial charge in [-0.25, -0.2) is 40.3 Å². The average Bonchev–Trinajstić information content (AvgIpc) is 2.61. The molecule has 1 aromatic heterocycles. The molecule has 160 valence electrons. The van der Waals surface area contributed by atoms with Crippen LogP contribution in [0, 0.1) is 23.3 Å². The Morgan fingerprint density at radius 3 is 2.50 bits per heavy atom. The van der Waals surface area contributed by atoms with Crippen LogP contribution in [0.25, 0.3) is 0 Å². The molecular weight excluding hydrogens is 430 g/mol. The molecule has 30 heavy (non-hydrogen) atoms. The van der Waals surface area contributed by atoms with Crippen LogP contribution in [0.15, 0.2) is 29.4 Å². The van der Waals surface area contributed by atoms with Crippen molar-refractivity contribution < 1.29 is 30.8 Å². The molecule has 0 saturated carbocycles. The number of aliphatic imine (C=N–C) groups is 1. The molecule has 0 radical (unpaired) electrons. The zero-order valence-corrected chi connectivity index (χ0v) is 16.4. The summed E-state index contributed by atoms with van der Waals surface area (Å²) < 4.78 is 81.6. The van der Waals surface area contributed by atoms with E-state index >= 15 is 4.39 Å². The molecule has 1 aromatic carbocycles. The summed E-state index contributed by atoms with van der Waals surface area (Å²) in [4.78, 5) is 19.4. The molecule has 3 N–H and O–H groups in total. The van der Waals surface area contributed by atoms with E-state index in [2.05, 4.69) is 9.98 Å². The van der Waals surface area contributed by atoms with E-state index in [1.165, 1.54) is 6.92 Å². The number of amides is 1. The van der Waals surface area contributed by atoms with Crippen molar-refractivity contribution >= 4 is 27.6 Å². The fraction of sp³-hybridized carbons (Fsp3) is 0.235. The Labute approximate surface area is 168 Å². The van der Waals surface area contributed by atoms with Crippen LogP contribution in [0.4, 0.5) is 23.2 Å². The van der Waals surface area contributed by atoms with Crippen molar-refractivity contribution in [2.45, 2.75) is 12.5 Å². The van der Waals surface area contributed by atoms with Gasteiger partial charge in [-0.3, -0.25) is 4.79 Å². The molecule has 0 aliphatic carbocycles. The molecule has 0 saturated heterocycles. The first-order valence-electron chi connectivity index (χ1n) is 8.28. The van der Waals surface area contributed by atoms with Crippen molar-refractivity contribution in [2.24, 2.45) is 10.7 Å². The number of guanidine groups is 1. The molecule has 2 aromatic rings. The zero-order valence-electron chi connectivity index (χ0n) is 15.6. The molecule has 1 atom stereocenters. The second kappa shape index (κ2) is 7.23. The van der Waals surface area contributed by atoms with Crippen LogP contribution < -0.4 is 11.1 Å². The third-order valence-corrected chi connectivity index (χ3v) is 6.41. The topological polar surface area (TPSA) is 118 Å². The first kappa shape index (κ1) is 21.5. The molecule has 1 aliphatic heterocycles. The highest BCUT2D eigenvalue weighted by molar-refractivity contribution is 7.89. The van der Waals surface area contributed by atoms with Crippen LogP contribution >= 0.6 is 0 Å². The summed E-state index contributed by atoms with van der Waals surface area (Å²) in [6, 6.07) is 2.05. The van der Waals surface area contributed by atoms with Crippen LogP contribution in [-0.4, -0.2) is 42.4 Å². The minimum atomic E-state index is -4.03. The number of carbonyl (C=O) groups is 1. The fourth-order valence-corrected chi connectivity index (χ4v) is 4.42. The van der Waals surface area contributed by atoms with E-state index in [0.717, 1.165) is 19.2 Å². The number of hydrogen-bond donors (Lipinski definition) is 2. The van der Waals surface area contributed by atoms with Crippen molar-refractivity contribution in [1.82, 2.24) is 9.29 Å². The molecule has 3 rings (SSSR count). The molecule has 1 amide bonds. The number of nitrogens with zero attached hydrogens (tertiary/aromatic N) is 3. The van der Waals surface area contributed by atoms with Gasteiger partial charge in [0.25, 0.3) is 5.91 Å². The smallest absolute Gasteiger partial charge is 0.277 e. The Morgan fingerprint density at radius 2 is 1.90 bits per heavy atom. The van der Waals surface area contributed by atoms with Crippen molar-refractivity contribution in [3.05, 3.63) is 58.9 Å². The third kappa shape index (κ3) is 3.67. The largest absolute Gasteiger partial charge is 0.369 e. The first-order chi connectivity index (χ1) is 13.9. The van der Waals surface area contributed by atoms with E-state index in [1.807, 2.05) is 5.32 Å². The van der Waals surface area contributed by atoms with Crippen molar-refractivity contribution in [3.63, 3.8) is 0 Å². The molecule has 0 fully saturated rings. The Hall–Kier alpha value is -3.22. The molecule has 2 heterocycles. The van der Waals surface area contributed by atoms with Crippen LogP contribution in [0.2, 0.25) is 0 Å². The summed E-state index contributed by atoms with van der Waals surface area (Å²) in [5.41, 5.74) is 1.48. The second-order valence-corrected chi connectivity index (χ2v) is 8.69. The summed E-state index contributed by atoms with van der Waals surface area (Å²) in [5, 5.41) is 2.01. The van der Waals surface area contributed by atoms with E-state index in [4.69, 9.17) is 5.73 Å². The Bertz CT molecular complexity index is 1190. The molecule has 13 heteroatoms. The standard InChI is InChI=1S/C17H15F4N5O3S/c1-17(7-30(28,29)26(2)16(22)25-17)12-9(19)3-4-11(13(12)21)24-15(27)14-10(20)5-8(18)6-23-14/h3-6H,7H2,1-2H3,(H2,22,25)(H,24,27)/t17-/m0/s1. The Balaban J connectivity index is 2.05. The maximum absolute atomic E-state index is 15.1. The average molecular weight is 445 g/mol. The van der Waals surface area contributed by atoms with Gasteiger partial charge in [-0.2, -0.15) is 0 Å².